The zero-order valence-corrected chi connectivity index (χ0v) is 16.1. The Morgan fingerprint density at radius 3 is 2.56 bits per heavy atom. The minimum atomic E-state index is -0.331. The molecule has 1 aromatic carbocycles. The lowest BCUT2D eigenvalue weighted by molar-refractivity contribution is -0.121. The number of nitrogens with zero attached hydrogens (tertiary/aromatic N) is 3. The molecule has 0 aliphatic carbocycles. The van der Waals surface area contributed by atoms with Crippen LogP contribution in [0.2, 0.25) is 0 Å². The first-order chi connectivity index (χ1) is 12.8. The molecule has 3 rings (SSSR count). The number of rotatable bonds is 4. The minimum Gasteiger partial charge on any atom is -0.366 e. The first kappa shape index (κ1) is 18.9. The number of hydrogen-bond acceptors (Lipinski definition) is 4. The van der Waals surface area contributed by atoms with Gasteiger partial charge in [-0.1, -0.05) is 29.8 Å². The molecule has 1 fully saturated rings. The largest absolute Gasteiger partial charge is 0.366 e. The van der Waals surface area contributed by atoms with Crippen molar-refractivity contribution in [2.75, 3.05) is 18.0 Å². The van der Waals surface area contributed by atoms with Crippen LogP contribution in [0.4, 0.5) is 5.69 Å². The van der Waals surface area contributed by atoms with Gasteiger partial charge in [0.15, 0.2) is 0 Å². The van der Waals surface area contributed by atoms with Gasteiger partial charge < -0.3 is 14.8 Å². The molecule has 0 atom stereocenters. The Balaban J connectivity index is 1.59. The van der Waals surface area contributed by atoms with Crippen molar-refractivity contribution < 1.29 is 4.79 Å². The normalized spacial score (nSPS) is 15.0. The van der Waals surface area contributed by atoms with E-state index < -0.39 is 0 Å². The maximum absolute atomic E-state index is 12.4. The fourth-order valence-electron chi connectivity index (χ4n) is 3.56. The lowest BCUT2D eigenvalue weighted by atomic mass is 10.0. The van der Waals surface area contributed by atoms with Gasteiger partial charge in [-0.3, -0.25) is 14.2 Å². The summed E-state index contributed by atoms with van der Waals surface area (Å²) in [6, 6.07) is 8.07. The van der Waals surface area contributed by atoms with Crippen LogP contribution < -0.4 is 21.5 Å². The number of carbonyl (C=O) groups excluding carboxylic acids is 1. The standard InChI is InChI=1S/C20H26N4O3/c1-14-5-4-6-15(11-14)12-18(25)21-16-7-9-24(10-8-16)17-13-22(2)20(27)23(3)19(17)26/h4-6,11,13,16H,7-10,12H2,1-3H3,(H,21,25). The Hall–Kier alpha value is -2.83. The van der Waals surface area contributed by atoms with Crippen LogP contribution in [-0.4, -0.2) is 34.2 Å². The highest BCUT2D eigenvalue weighted by Gasteiger charge is 2.23. The fourth-order valence-corrected chi connectivity index (χ4v) is 3.56. The molecule has 2 aromatic rings. The molecule has 1 N–H and O–H groups in total. The van der Waals surface area contributed by atoms with Crippen molar-refractivity contribution in [1.82, 2.24) is 14.5 Å². The van der Waals surface area contributed by atoms with Crippen LogP contribution in [0.25, 0.3) is 0 Å². The van der Waals surface area contributed by atoms with Gasteiger partial charge in [0.2, 0.25) is 5.91 Å². The van der Waals surface area contributed by atoms with Crippen molar-refractivity contribution in [3.63, 3.8) is 0 Å². The van der Waals surface area contributed by atoms with Gasteiger partial charge >= 0.3 is 5.69 Å². The molecule has 0 saturated carbocycles. The van der Waals surface area contributed by atoms with E-state index in [1.807, 2.05) is 36.1 Å². The number of hydrogen-bond donors (Lipinski definition) is 1. The average Bonchev–Trinajstić information content (AvgIpc) is 2.64. The molecule has 1 amide bonds. The summed E-state index contributed by atoms with van der Waals surface area (Å²) < 4.78 is 2.55. The molecule has 2 heterocycles. The first-order valence-electron chi connectivity index (χ1n) is 9.21. The molecule has 0 radical (unpaired) electrons. The molecule has 1 aliphatic heterocycles. The maximum atomic E-state index is 12.4. The number of nitrogens with one attached hydrogen (secondary N) is 1. The number of amides is 1. The second-order valence-corrected chi connectivity index (χ2v) is 7.27. The summed E-state index contributed by atoms with van der Waals surface area (Å²) in [5, 5.41) is 3.10. The highest BCUT2D eigenvalue weighted by molar-refractivity contribution is 5.78. The second kappa shape index (κ2) is 7.82. The van der Waals surface area contributed by atoms with Crippen molar-refractivity contribution in [3.8, 4) is 0 Å². The van der Waals surface area contributed by atoms with Gasteiger partial charge in [-0.2, -0.15) is 0 Å². The Kier molecular flexibility index (Phi) is 5.48. The smallest absolute Gasteiger partial charge is 0.330 e. The van der Waals surface area contributed by atoms with Crippen LogP contribution in [0.5, 0.6) is 0 Å². The van der Waals surface area contributed by atoms with Crippen LogP contribution in [0.15, 0.2) is 40.1 Å². The number of piperidine rings is 1. The molecule has 1 aliphatic rings. The minimum absolute atomic E-state index is 0.0251. The molecule has 0 spiro atoms. The molecular weight excluding hydrogens is 344 g/mol. The summed E-state index contributed by atoms with van der Waals surface area (Å²) in [4.78, 5) is 38.5. The number of aromatic nitrogens is 2. The Morgan fingerprint density at radius 2 is 1.89 bits per heavy atom. The van der Waals surface area contributed by atoms with Crippen molar-refractivity contribution in [2.45, 2.75) is 32.2 Å². The molecule has 0 unspecified atom stereocenters. The van der Waals surface area contributed by atoms with Crippen molar-refractivity contribution in [1.29, 1.82) is 0 Å². The predicted molar refractivity (Wildman–Crippen MR) is 105 cm³/mol. The molecule has 144 valence electrons. The number of anilines is 1. The van der Waals surface area contributed by atoms with Crippen LogP contribution >= 0.6 is 0 Å². The van der Waals surface area contributed by atoms with Gasteiger partial charge in [0.1, 0.15) is 5.69 Å². The quantitative estimate of drug-likeness (QED) is 0.860. The van der Waals surface area contributed by atoms with Gasteiger partial charge in [-0.05, 0) is 25.3 Å². The van der Waals surface area contributed by atoms with Gasteiger partial charge in [0.25, 0.3) is 5.56 Å². The van der Waals surface area contributed by atoms with Gasteiger partial charge in [-0.15, -0.1) is 0 Å². The van der Waals surface area contributed by atoms with Crippen molar-refractivity contribution >= 4 is 11.6 Å². The van der Waals surface area contributed by atoms with Crippen LogP contribution in [0, 0.1) is 6.92 Å². The van der Waals surface area contributed by atoms with Gasteiger partial charge in [-0.25, -0.2) is 4.79 Å². The van der Waals surface area contributed by atoms with Gasteiger partial charge in [0, 0.05) is 39.4 Å². The van der Waals surface area contributed by atoms with Gasteiger partial charge in [0.05, 0.1) is 6.42 Å². The fraction of sp³-hybridized carbons (Fsp3) is 0.450. The molecule has 7 nitrogen and oxygen atoms in total. The van der Waals surface area contributed by atoms with E-state index in [4.69, 9.17) is 0 Å². The zero-order chi connectivity index (χ0) is 19.6. The number of benzene rings is 1. The van der Waals surface area contributed by atoms with E-state index in [0.717, 1.165) is 28.5 Å². The van der Waals surface area contributed by atoms with E-state index >= 15 is 0 Å². The van der Waals surface area contributed by atoms with Crippen LogP contribution in [-0.2, 0) is 25.3 Å². The van der Waals surface area contributed by atoms with E-state index in [1.165, 1.54) is 11.6 Å². The molecule has 1 aromatic heterocycles. The topological polar surface area (TPSA) is 76.3 Å². The molecule has 0 bridgehead atoms. The third-order valence-electron chi connectivity index (χ3n) is 5.08. The highest BCUT2D eigenvalue weighted by atomic mass is 16.2. The summed E-state index contributed by atoms with van der Waals surface area (Å²) in [5.41, 5.74) is 2.08. The summed E-state index contributed by atoms with van der Waals surface area (Å²) in [7, 11) is 3.13. The third-order valence-corrected chi connectivity index (χ3v) is 5.08. The summed E-state index contributed by atoms with van der Waals surface area (Å²) >= 11 is 0. The third kappa shape index (κ3) is 4.30. The summed E-state index contributed by atoms with van der Waals surface area (Å²) in [6.45, 7) is 3.35. The predicted octanol–water partition coefficient (Wildman–Crippen LogP) is 0.720. The lowest BCUT2D eigenvalue weighted by Gasteiger charge is -2.33. The highest BCUT2D eigenvalue weighted by Crippen LogP contribution is 2.16. The zero-order valence-electron chi connectivity index (χ0n) is 16.1. The van der Waals surface area contributed by atoms with Crippen LogP contribution in [0.1, 0.15) is 24.0 Å². The molecular formula is C20H26N4O3. The summed E-state index contributed by atoms with van der Waals surface area (Å²) in [6.07, 6.45) is 3.52. The van der Waals surface area contributed by atoms with Crippen molar-refractivity contribution in [3.05, 3.63) is 62.4 Å². The van der Waals surface area contributed by atoms with E-state index in [0.29, 0.717) is 25.2 Å². The van der Waals surface area contributed by atoms with E-state index in [2.05, 4.69) is 5.32 Å². The first-order valence-corrected chi connectivity index (χ1v) is 9.21. The van der Waals surface area contributed by atoms with E-state index in [-0.39, 0.29) is 23.2 Å². The molecule has 27 heavy (non-hydrogen) atoms. The summed E-state index contributed by atoms with van der Waals surface area (Å²) in [5.74, 6) is 0.0251. The van der Waals surface area contributed by atoms with Crippen LogP contribution in [0.3, 0.4) is 0 Å². The SMILES string of the molecule is Cc1cccc(CC(=O)NC2CCN(c3cn(C)c(=O)n(C)c3=O)CC2)c1. The van der Waals surface area contributed by atoms with E-state index in [1.54, 1.807) is 13.2 Å². The second-order valence-electron chi connectivity index (χ2n) is 7.27. The number of carbonyl (C=O) groups is 1. The number of aryl methyl sites for hydroxylation is 2. The Morgan fingerprint density at radius 1 is 1.19 bits per heavy atom. The Bertz CT molecular complexity index is 952. The monoisotopic (exact) mass is 370 g/mol. The Labute approximate surface area is 158 Å². The molecule has 7 heteroatoms. The van der Waals surface area contributed by atoms with E-state index in [9.17, 15) is 14.4 Å². The lowest BCUT2D eigenvalue weighted by Crippen LogP contribution is -2.48. The molecule has 1 saturated heterocycles. The van der Waals surface area contributed by atoms with Crippen molar-refractivity contribution in [2.24, 2.45) is 14.1 Å². The average molecular weight is 370 g/mol. The maximum Gasteiger partial charge on any atom is 0.330 e.